The number of Topliss-reactive ketones (excluding diaryl/α,β-unsaturated/α-hetero) is 1. The van der Waals surface area contributed by atoms with Crippen molar-refractivity contribution in [2.24, 2.45) is 11.3 Å². The monoisotopic (exact) mass is 251 g/mol. The van der Waals surface area contributed by atoms with E-state index in [2.05, 4.69) is 32.6 Å². The maximum atomic E-state index is 12.3. The number of carbonyl (C=O) groups excluding carboxylic acids is 1. The molecule has 1 saturated carbocycles. The first-order valence-corrected chi connectivity index (χ1v) is 7.74. The highest BCUT2D eigenvalue weighted by atomic mass is 16.1. The summed E-state index contributed by atoms with van der Waals surface area (Å²) in [5.74, 6) is 1.33. The van der Waals surface area contributed by atoms with Gasteiger partial charge >= 0.3 is 0 Å². The molecule has 2 fully saturated rings. The minimum atomic E-state index is -0.0604. The highest BCUT2D eigenvalue weighted by Gasteiger charge is 2.50. The van der Waals surface area contributed by atoms with Crippen molar-refractivity contribution in [1.82, 2.24) is 4.90 Å². The summed E-state index contributed by atoms with van der Waals surface area (Å²) in [5.41, 5.74) is 0.384. The maximum Gasteiger partial charge on any atom is 0.154 e. The summed E-state index contributed by atoms with van der Waals surface area (Å²) >= 11 is 0. The SMILES string of the molecule is CCN1CCC(=O)C12CCC(C(C)(C)CC)CC2. The van der Waals surface area contributed by atoms with Gasteiger partial charge in [-0.3, -0.25) is 9.69 Å². The van der Waals surface area contributed by atoms with Gasteiger partial charge in [-0.1, -0.05) is 34.1 Å². The zero-order valence-electron chi connectivity index (χ0n) is 12.6. The van der Waals surface area contributed by atoms with E-state index in [1.807, 2.05) is 0 Å². The van der Waals surface area contributed by atoms with Crippen LogP contribution in [-0.2, 0) is 4.79 Å². The fraction of sp³-hybridized carbons (Fsp3) is 0.938. The van der Waals surface area contributed by atoms with Gasteiger partial charge in [0, 0.05) is 13.0 Å². The smallest absolute Gasteiger partial charge is 0.154 e. The van der Waals surface area contributed by atoms with Crippen LogP contribution >= 0.6 is 0 Å². The second-order valence-electron chi connectivity index (χ2n) is 6.90. The molecule has 2 heteroatoms. The van der Waals surface area contributed by atoms with Crippen LogP contribution in [0.1, 0.15) is 66.2 Å². The Morgan fingerprint density at radius 1 is 1.28 bits per heavy atom. The third-order valence-corrected chi connectivity index (χ3v) is 5.94. The maximum absolute atomic E-state index is 12.3. The molecule has 1 saturated heterocycles. The first kappa shape index (κ1) is 14.0. The van der Waals surface area contributed by atoms with Crippen LogP contribution in [0.3, 0.4) is 0 Å². The van der Waals surface area contributed by atoms with Gasteiger partial charge in [0.2, 0.25) is 0 Å². The number of nitrogens with zero attached hydrogens (tertiary/aromatic N) is 1. The number of likely N-dealkylation sites (tertiary alicyclic amines) is 1. The Morgan fingerprint density at radius 2 is 1.89 bits per heavy atom. The van der Waals surface area contributed by atoms with Gasteiger partial charge in [0.25, 0.3) is 0 Å². The molecule has 1 aliphatic carbocycles. The van der Waals surface area contributed by atoms with E-state index in [1.54, 1.807) is 0 Å². The Morgan fingerprint density at radius 3 is 2.39 bits per heavy atom. The van der Waals surface area contributed by atoms with Crippen LogP contribution < -0.4 is 0 Å². The van der Waals surface area contributed by atoms with Crippen LogP contribution in [0.2, 0.25) is 0 Å². The van der Waals surface area contributed by atoms with Crippen molar-refractivity contribution in [2.45, 2.75) is 71.8 Å². The fourth-order valence-corrected chi connectivity index (χ4v) is 4.08. The lowest BCUT2D eigenvalue weighted by Gasteiger charge is -2.46. The second-order valence-corrected chi connectivity index (χ2v) is 6.90. The molecule has 0 aromatic rings. The van der Waals surface area contributed by atoms with Gasteiger partial charge in [0.05, 0.1) is 5.54 Å². The summed E-state index contributed by atoms with van der Waals surface area (Å²) in [4.78, 5) is 14.8. The van der Waals surface area contributed by atoms with Gasteiger partial charge in [0.1, 0.15) is 0 Å². The minimum absolute atomic E-state index is 0.0604. The average molecular weight is 251 g/mol. The number of carbonyl (C=O) groups is 1. The number of hydrogen-bond donors (Lipinski definition) is 0. The third-order valence-electron chi connectivity index (χ3n) is 5.94. The molecule has 0 atom stereocenters. The molecule has 104 valence electrons. The van der Waals surface area contributed by atoms with E-state index in [4.69, 9.17) is 0 Å². The first-order chi connectivity index (χ1) is 8.46. The second kappa shape index (κ2) is 4.96. The van der Waals surface area contributed by atoms with Gasteiger partial charge < -0.3 is 0 Å². The fourth-order valence-electron chi connectivity index (χ4n) is 4.08. The molecule has 0 bridgehead atoms. The molecule has 1 aliphatic heterocycles. The molecular formula is C16H29NO. The van der Waals surface area contributed by atoms with Crippen molar-refractivity contribution < 1.29 is 4.79 Å². The molecule has 0 unspecified atom stereocenters. The van der Waals surface area contributed by atoms with E-state index < -0.39 is 0 Å². The van der Waals surface area contributed by atoms with Crippen molar-refractivity contribution >= 4 is 5.78 Å². The van der Waals surface area contributed by atoms with E-state index >= 15 is 0 Å². The quantitative estimate of drug-likeness (QED) is 0.763. The van der Waals surface area contributed by atoms with Gasteiger partial charge in [0.15, 0.2) is 5.78 Å². The first-order valence-electron chi connectivity index (χ1n) is 7.74. The lowest BCUT2D eigenvalue weighted by Crippen LogP contribution is -2.51. The molecule has 1 spiro atoms. The van der Waals surface area contributed by atoms with E-state index in [0.717, 1.165) is 38.3 Å². The molecule has 0 radical (unpaired) electrons. The molecule has 0 amide bonds. The highest BCUT2D eigenvalue weighted by molar-refractivity contribution is 5.90. The summed E-state index contributed by atoms with van der Waals surface area (Å²) in [6.07, 6.45) is 6.72. The molecule has 2 rings (SSSR count). The van der Waals surface area contributed by atoms with E-state index in [9.17, 15) is 4.79 Å². The Hall–Kier alpha value is -0.370. The number of ketones is 1. The zero-order valence-corrected chi connectivity index (χ0v) is 12.6. The van der Waals surface area contributed by atoms with Gasteiger partial charge in [-0.05, 0) is 43.6 Å². The van der Waals surface area contributed by atoms with Gasteiger partial charge in [-0.2, -0.15) is 0 Å². The lowest BCUT2D eigenvalue weighted by molar-refractivity contribution is -0.128. The molecule has 2 aliphatic rings. The third kappa shape index (κ3) is 2.13. The van der Waals surface area contributed by atoms with Crippen molar-refractivity contribution in [3.05, 3.63) is 0 Å². The predicted octanol–water partition coefficient (Wildman–Crippen LogP) is 3.65. The lowest BCUT2D eigenvalue weighted by atomic mass is 9.65. The van der Waals surface area contributed by atoms with Crippen molar-refractivity contribution in [1.29, 1.82) is 0 Å². The molecule has 0 aromatic heterocycles. The van der Waals surface area contributed by atoms with Crippen LogP contribution in [0.4, 0.5) is 0 Å². The van der Waals surface area contributed by atoms with Crippen LogP contribution in [0.15, 0.2) is 0 Å². The number of rotatable bonds is 3. The largest absolute Gasteiger partial charge is 0.298 e. The van der Waals surface area contributed by atoms with Gasteiger partial charge in [-0.15, -0.1) is 0 Å². The summed E-state index contributed by atoms with van der Waals surface area (Å²) in [5, 5.41) is 0. The highest BCUT2D eigenvalue weighted by Crippen LogP contribution is 2.47. The van der Waals surface area contributed by atoms with Gasteiger partial charge in [-0.25, -0.2) is 0 Å². The van der Waals surface area contributed by atoms with E-state index in [-0.39, 0.29) is 5.54 Å². The number of likely N-dealkylation sites (N-methyl/N-ethyl adjacent to an activating group) is 1. The van der Waals surface area contributed by atoms with E-state index in [1.165, 1.54) is 19.3 Å². The molecule has 0 aromatic carbocycles. The zero-order chi connectivity index (χ0) is 13.4. The molecule has 1 heterocycles. The van der Waals surface area contributed by atoms with E-state index in [0.29, 0.717) is 11.2 Å². The van der Waals surface area contributed by atoms with Crippen LogP contribution in [0, 0.1) is 11.3 Å². The Balaban J connectivity index is 2.07. The summed E-state index contributed by atoms with van der Waals surface area (Å²) in [6, 6.07) is 0. The molecule has 18 heavy (non-hydrogen) atoms. The van der Waals surface area contributed by atoms with Crippen molar-refractivity contribution in [3.63, 3.8) is 0 Å². The molecular weight excluding hydrogens is 222 g/mol. The topological polar surface area (TPSA) is 20.3 Å². The van der Waals surface area contributed by atoms with Crippen LogP contribution in [-0.4, -0.2) is 29.3 Å². The predicted molar refractivity (Wildman–Crippen MR) is 75.6 cm³/mol. The van der Waals surface area contributed by atoms with Crippen molar-refractivity contribution in [3.8, 4) is 0 Å². The average Bonchev–Trinajstić information content (AvgIpc) is 2.67. The standard InChI is InChI=1S/C16H29NO/c1-5-15(3,4)13-7-10-16(11-8-13)14(18)9-12-17(16)6-2/h13H,5-12H2,1-4H3. The molecule has 2 nitrogen and oxygen atoms in total. The normalized spacial score (nSPS) is 34.4. The Labute approximate surface area is 112 Å². The summed E-state index contributed by atoms with van der Waals surface area (Å²) in [6.45, 7) is 11.3. The van der Waals surface area contributed by atoms with Crippen LogP contribution in [0.5, 0.6) is 0 Å². The van der Waals surface area contributed by atoms with Crippen LogP contribution in [0.25, 0.3) is 0 Å². The Kier molecular flexibility index (Phi) is 3.87. The summed E-state index contributed by atoms with van der Waals surface area (Å²) < 4.78 is 0. The Bertz CT molecular complexity index is 313. The van der Waals surface area contributed by atoms with Crippen molar-refractivity contribution in [2.75, 3.05) is 13.1 Å². The minimum Gasteiger partial charge on any atom is -0.298 e. The number of hydrogen-bond acceptors (Lipinski definition) is 2. The molecule has 0 N–H and O–H groups in total. The summed E-state index contributed by atoms with van der Waals surface area (Å²) in [7, 11) is 0.